The molecule has 6 atom stereocenters. The lowest BCUT2D eigenvalue weighted by molar-refractivity contribution is -0.141. The molecule has 0 spiro atoms. The summed E-state index contributed by atoms with van der Waals surface area (Å²) in [5.41, 5.74) is 33.6. The molecule has 1 saturated carbocycles. The molecule has 1 aliphatic carbocycles. The maximum Gasteiger partial charge on any atom is 0.254 e. The molecule has 4 rings (SSSR count). The van der Waals surface area contributed by atoms with Gasteiger partial charge in [-0.15, -0.1) is 0 Å². The molecule has 2 heterocycles. The van der Waals surface area contributed by atoms with Crippen LogP contribution in [0.3, 0.4) is 0 Å². The fourth-order valence-electron chi connectivity index (χ4n) is 8.61. The van der Waals surface area contributed by atoms with Crippen molar-refractivity contribution in [1.82, 2.24) is 36.4 Å². The average molecular weight is 1030 g/mol. The van der Waals surface area contributed by atoms with E-state index in [1.54, 1.807) is 30.3 Å². The second-order valence-electron chi connectivity index (χ2n) is 17.8. The van der Waals surface area contributed by atoms with Crippen molar-refractivity contribution >= 4 is 86.7 Å². The molecule has 0 bridgehead atoms. The molecule has 26 heteroatoms. The maximum atomic E-state index is 14.5. The molecule has 392 valence electrons. The van der Waals surface area contributed by atoms with Crippen LogP contribution < -0.4 is 61.0 Å². The lowest BCUT2D eigenvalue weighted by Crippen LogP contribution is -2.59. The van der Waals surface area contributed by atoms with E-state index in [4.69, 9.17) is 34.4 Å². The molecule has 17 N–H and O–H groups in total. The zero-order valence-corrected chi connectivity index (χ0v) is 41.7. The molecule has 1 aromatic rings. The summed E-state index contributed by atoms with van der Waals surface area (Å²) >= 11 is 0. The second kappa shape index (κ2) is 29.8. The summed E-state index contributed by atoms with van der Waals surface area (Å²) in [7, 11) is 2.72. The summed E-state index contributed by atoms with van der Waals surface area (Å²) in [6, 6.07) is 1.41. The Balaban J connectivity index is 1.59. The highest BCUT2D eigenvalue weighted by molar-refractivity contribution is 8.76. The molecule has 3 fully saturated rings. The number of nitrogens with one attached hydrogen (secondary N) is 5. The van der Waals surface area contributed by atoms with Crippen molar-refractivity contribution in [2.45, 2.75) is 126 Å². The number of nitrogens with zero attached hydrogens (tertiary/aromatic N) is 4. The smallest absolute Gasteiger partial charge is 0.254 e. The van der Waals surface area contributed by atoms with E-state index in [9.17, 15) is 43.2 Å². The number of nitrogens with two attached hydrogens (primary N) is 6. The van der Waals surface area contributed by atoms with Crippen LogP contribution in [0.2, 0.25) is 0 Å². The van der Waals surface area contributed by atoms with Gasteiger partial charge >= 0.3 is 0 Å². The summed E-state index contributed by atoms with van der Waals surface area (Å²) in [6.07, 6.45) is 5.28. The number of hydrogen-bond donors (Lipinski definition) is 11. The number of aliphatic imine (C=N–C) groups is 2. The first-order chi connectivity index (χ1) is 33.9. The Morgan fingerprint density at radius 2 is 1.27 bits per heavy atom. The molecule has 2 aliphatic heterocycles. The fraction of sp³-hybridized carbons (Fsp3) is 0.622. The van der Waals surface area contributed by atoms with Gasteiger partial charge in [-0.2, -0.15) is 0 Å². The van der Waals surface area contributed by atoms with Gasteiger partial charge in [0.15, 0.2) is 11.9 Å². The van der Waals surface area contributed by atoms with E-state index in [2.05, 4.69) is 36.6 Å². The minimum atomic E-state index is -1.45. The van der Waals surface area contributed by atoms with Crippen molar-refractivity contribution in [3.05, 3.63) is 35.9 Å². The Labute approximate surface area is 421 Å². The summed E-state index contributed by atoms with van der Waals surface area (Å²) in [4.78, 5) is 133. The summed E-state index contributed by atoms with van der Waals surface area (Å²) in [5.74, 6) is -5.72. The molecule has 0 radical (unpaired) electrons. The molecular weight excluding hydrogens is 959 g/mol. The van der Waals surface area contributed by atoms with Gasteiger partial charge in [0.05, 0.1) is 6.54 Å². The van der Waals surface area contributed by atoms with E-state index < -0.39 is 90.1 Å². The van der Waals surface area contributed by atoms with E-state index in [1.165, 1.54) is 31.4 Å². The number of guanidine groups is 2. The Morgan fingerprint density at radius 3 is 1.85 bits per heavy atom. The van der Waals surface area contributed by atoms with Crippen molar-refractivity contribution in [2.24, 2.45) is 50.3 Å². The van der Waals surface area contributed by atoms with Crippen LogP contribution in [0.15, 0.2) is 40.3 Å². The minimum Gasteiger partial charge on any atom is -0.370 e. The van der Waals surface area contributed by atoms with Crippen molar-refractivity contribution in [3.63, 3.8) is 0 Å². The van der Waals surface area contributed by atoms with Crippen molar-refractivity contribution in [1.29, 1.82) is 0 Å². The lowest BCUT2D eigenvalue weighted by atomic mass is 9.84. The number of hydrogen-bond acceptors (Lipinski definition) is 13. The van der Waals surface area contributed by atoms with Crippen LogP contribution >= 0.6 is 21.6 Å². The topological polar surface area (TPSA) is 401 Å². The van der Waals surface area contributed by atoms with Gasteiger partial charge in [-0.3, -0.25) is 53.1 Å². The van der Waals surface area contributed by atoms with E-state index >= 15 is 0 Å². The van der Waals surface area contributed by atoms with E-state index in [-0.39, 0.29) is 94.1 Å². The Kier molecular flexibility index (Phi) is 24.0. The van der Waals surface area contributed by atoms with Crippen LogP contribution in [0.4, 0.5) is 0 Å². The standard InChI is InChI=1S/C45H71N15O9S2/c46-35(61)18-17-31(40(66)58-32(24-27-10-3-1-4-11-27)43(69)59-22-23-70-71-26-33(37(47)63)54-36(62)25-59)56-38(64)29(14-7-19-52-44(48)49)55-39(65)30(15-8-20-53-45(50)51)57-41(67)34-16-9-21-60(34)42(68)28-12-5-2-6-13-28/h2,5-6,12-13,27,29-34H,1,3-4,7-11,14-26H2,(H2,46,61)(H2,47,63)(H,54,62)(H,55,65)(H,56,64)(H,57,67)(H,58,66)(H4,48,49,52)(H4,50,51,53)/t29-,30-,31+,32+,33+,34+/m1/s1. The number of benzene rings is 1. The third-order valence-corrected chi connectivity index (χ3v) is 14.7. The van der Waals surface area contributed by atoms with Crippen LogP contribution in [0.25, 0.3) is 0 Å². The number of carbonyl (C=O) groups is 9. The minimum absolute atomic E-state index is 0.0119. The van der Waals surface area contributed by atoms with E-state index in [0.717, 1.165) is 32.1 Å². The number of rotatable bonds is 24. The first-order valence-corrected chi connectivity index (χ1v) is 26.5. The second-order valence-corrected chi connectivity index (χ2v) is 20.4. The first kappa shape index (κ1) is 57.3. The van der Waals surface area contributed by atoms with Crippen LogP contribution in [0, 0.1) is 5.92 Å². The van der Waals surface area contributed by atoms with Gasteiger partial charge in [0, 0.05) is 49.7 Å². The van der Waals surface area contributed by atoms with Crippen LogP contribution in [-0.2, 0) is 38.4 Å². The zero-order valence-electron chi connectivity index (χ0n) is 40.0. The third-order valence-electron chi connectivity index (χ3n) is 12.3. The normalized spacial score (nSPS) is 19.3. The number of likely N-dealkylation sites (tertiary alicyclic amines) is 1. The van der Waals surface area contributed by atoms with E-state index in [0.29, 0.717) is 30.7 Å². The van der Waals surface area contributed by atoms with Crippen molar-refractivity contribution in [2.75, 3.05) is 44.2 Å². The van der Waals surface area contributed by atoms with Gasteiger partial charge in [0.2, 0.25) is 47.3 Å². The third kappa shape index (κ3) is 19.8. The maximum absolute atomic E-state index is 14.5. The molecule has 3 aliphatic rings. The van der Waals surface area contributed by atoms with E-state index in [1.807, 2.05) is 0 Å². The highest BCUT2D eigenvalue weighted by atomic mass is 33.1. The van der Waals surface area contributed by atoms with Gasteiger partial charge in [0.1, 0.15) is 36.3 Å². The van der Waals surface area contributed by atoms with Crippen LogP contribution in [0.5, 0.6) is 0 Å². The quantitative estimate of drug-likeness (QED) is 0.0226. The Morgan fingerprint density at radius 1 is 0.690 bits per heavy atom. The van der Waals surface area contributed by atoms with Crippen LogP contribution in [-0.4, -0.2) is 155 Å². The molecule has 0 unspecified atom stereocenters. The first-order valence-electron chi connectivity index (χ1n) is 24.0. The number of carbonyl (C=O) groups excluding carboxylic acids is 9. The SMILES string of the molecule is NC(=O)CC[C@H](NC(=O)[C@@H](CCCN=C(N)N)NC(=O)[C@@H](CCCN=C(N)N)NC(=O)[C@@H]1CCCN1C(=O)c1ccccc1)C(=O)N[C@@H](CC1CCCCC1)C(=O)N1CCSSC[C@@H](C(N)=O)NC(=O)C1. The highest BCUT2D eigenvalue weighted by Crippen LogP contribution is 2.29. The zero-order chi connectivity index (χ0) is 51.9. The van der Waals surface area contributed by atoms with Gasteiger partial charge in [-0.25, -0.2) is 0 Å². The largest absolute Gasteiger partial charge is 0.370 e. The fourth-order valence-corrected chi connectivity index (χ4v) is 10.8. The van der Waals surface area contributed by atoms with Crippen LogP contribution in [0.1, 0.15) is 100 Å². The van der Waals surface area contributed by atoms with Gasteiger partial charge < -0.3 is 70.8 Å². The van der Waals surface area contributed by atoms with Crippen molar-refractivity contribution in [3.8, 4) is 0 Å². The van der Waals surface area contributed by atoms with Gasteiger partial charge in [0.25, 0.3) is 5.91 Å². The number of amides is 9. The summed E-state index contributed by atoms with van der Waals surface area (Å²) in [5, 5.41) is 13.5. The molecule has 2 saturated heterocycles. The van der Waals surface area contributed by atoms with Gasteiger partial charge in [-0.05, 0) is 69.4 Å². The van der Waals surface area contributed by atoms with Crippen molar-refractivity contribution < 1.29 is 43.2 Å². The molecular formula is C45H71N15O9S2. The predicted octanol–water partition coefficient (Wildman–Crippen LogP) is -2.23. The monoisotopic (exact) mass is 1030 g/mol. The molecule has 1 aromatic carbocycles. The Hall–Kier alpha value is -6.31. The highest BCUT2D eigenvalue weighted by Gasteiger charge is 2.38. The number of primary amides is 2. The molecule has 0 aromatic heterocycles. The summed E-state index contributed by atoms with van der Waals surface area (Å²) in [6.45, 7) is 0.211. The Bertz CT molecular complexity index is 2070. The predicted molar refractivity (Wildman–Crippen MR) is 270 cm³/mol. The average Bonchev–Trinajstić information content (AvgIpc) is 3.84. The van der Waals surface area contributed by atoms with Gasteiger partial charge in [-0.1, -0.05) is 71.9 Å². The molecule has 24 nitrogen and oxygen atoms in total. The lowest BCUT2D eigenvalue weighted by Gasteiger charge is -2.32. The molecule has 9 amide bonds. The summed E-state index contributed by atoms with van der Waals surface area (Å²) < 4.78 is 0. The molecule has 71 heavy (non-hydrogen) atoms.